The lowest BCUT2D eigenvalue weighted by Crippen LogP contribution is -2.57. The fraction of sp³-hybridized carbons (Fsp3) is 0.591. The Labute approximate surface area is 182 Å². The molecular weight excluding hydrogens is 402 g/mol. The number of hydrogen-bond acceptors (Lipinski definition) is 5. The van der Waals surface area contributed by atoms with E-state index in [2.05, 4.69) is 10.6 Å². The molecule has 1 saturated heterocycles. The van der Waals surface area contributed by atoms with Crippen molar-refractivity contribution in [2.24, 2.45) is 11.8 Å². The molecule has 5 unspecified atom stereocenters. The van der Waals surface area contributed by atoms with E-state index in [0.29, 0.717) is 17.7 Å². The highest BCUT2D eigenvalue weighted by Crippen LogP contribution is 2.48. The zero-order chi connectivity index (χ0) is 22.0. The molecule has 1 aromatic rings. The Bertz CT molecular complexity index is 815. The summed E-state index contributed by atoms with van der Waals surface area (Å²) in [5.74, 6) is -0.265. The monoisotopic (exact) mass is 433 g/mol. The quantitative estimate of drug-likeness (QED) is 0.582. The molecular formula is C22H31N3O4S. The van der Waals surface area contributed by atoms with Crippen LogP contribution in [0.1, 0.15) is 55.4 Å². The van der Waals surface area contributed by atoms with E-state index in [9.17, 15) is 19.5 Å². The van der Waals surface area contributed by atoms with Crippen LogP contribution in [-0.2, 0) is 9.59 Å². The van der Waals surface area contributed by atoms with Crippen molar-refractivity contribution in [2.75, 3.05) is 12.4 Å². The first-order valence-corrected chi connectivity index (χ1v) is 11.6. The molecule has 5 atom stereocenters. The van der Waals surface area contributed by atoms with Gasteiger partial charge in [0.2, 0.25) is 11.8 Å². The molecule has 0 aromatic heterocycles. The number of nitrogens with zero attached hydrogens (tertiary/aromatic N) is 1. The van der Waals surface area contributed by atoms with Crippen LogP contribution in [0.4, 0.5) is 0 Å². The summed E-state index contributed by atoms with van der Waals surface area (Å²) in [7, 11) is 0. The van der Waals surface area contributed by atoms with Gasteiger partial charge in [-0.15, -0.1) is 11.8 Å². The minimum Gasteiger partial charge on any atom is -0.394 e. The lowest BCUT2D eigenvalue weighted by molar-refractivity contribution is -0.132. The lowest BCUT2D eigenvalue weighted by atomic mass is 9.96. The van der Waals surface area contributed by atoms with Gasteiger partial charge in [0, 0.05) is 11.3 Å². The van der Waals surface area contributed by atoms with Gasteiger partial charge in [-0.1, -0.05) is 52.3 Å². The van der Waals surface area contributed by atoms with E-state index in [-0.39, 0.29) is 47.6 Å². The molecule has 7 nitrogen and oxygen atoms in total. The summed E-state index contributed by atoms with van der Waals surface area (Å²) < 4.78 is 0. The van der Waals surface area contributed by atoms with Crippen molar-refractivity contribution in [3.63, 3.8) is 0 Å². The maximum atomic E-state index is 13.2. The summed E-state index contributed by atoms with van der Waals surface area (Å²) in [4.78, 5) is 40.6. The van der Waals surface area contributed by atoms with E-state index >= 15 is 0 Å². The van der Waals surface area contributed by atoms with Gasteiger partial charge in [0.05, 0.1) is 12.6 Å². The Morgan fingerprint density at radius 2 is 1.93 bits per heavy atom. The molecule has 0 radical (unpaired) electrons. The number of hydrogen-bond donors (Lipinski definition) is 3. The Hall–Kier alpha value is -2.06. The molecule has 0 spiro atoms. The number of rotatable bonds is 8. The predicted octanol–water partition coefficient (Wildman–Crippen LogP) is 1.92. The van der Waals surface area contributed by atoms with Crippen molar-refractivity contribution in [3.8, 4) is 0 Å². The standard InChI is InChI=1S/C22H31N3O4S/c1-5-13(4)18(20(28)23-16(10-26)12(2)3)24-19(27)17-11-30-22-15-9-7-6-8-14(15)21(29)25(17)22/h6-9,12-13,16-18,22,26H,5,10-11H2,1-4H3,(H,23,28)(H,24,27). The Kier molecular flexibility index (Phi) is 7.08. The molecule has 2 heterocycles. The molecule has 1 aromatic carbocycles. The fourth-order valence-electron chi connectivity index (χ4n) is 3.89. The highest BCUT2D eigenvalue weighted by atomic mass is 32.2. The van der Waals surface area contributed by atoms with Crippen LogP contribution in [0.3, 0.4) is 0 Å². The van der Waals surface area contributed by atoms with Crippen LogP contribution < -0.4 is 10.6 Å². The first-order valence-electron chi connectivity index (χ1n) is 10.5. The summed E-state index contributed by atoms with van der Waals surface area (Å²) in [5.41, 5.74) is 1.59. The SMILES string of the molecule is CCC(C)C(NC(=O)C1CSC2c3ccccc3C(=O)N12)C(=O)NC(CO)C(C)C. The van der Waals surface area contributed by atoms with Gasteiger partial charge in [0.25, 0.3) is 5.91 Å². The van der Waals surface area contributed by atoms with Gasteiger partial charge in [-0.05, 0) is 23.5 Å². The summed E-state index contributed by atoms with van der Waals surface area (Å²) in [6.07, 6.45) is 0.708. The zero-order valence-corrected chi connectivity index (χ0v) is 18.7. The molecule has 0 saturated carbocycles. The van der Waals surface area contributed by atoms with E-state index < -0.39 is 12.1 Å². The number of thioether (sulfide) groups is 1. The van der Waals surface area contributed by atoms with Crippen LogP contribution >= 0.6 is 11.8 Å². The van der Waals surface area contributed by atoms with Crippen molar-refractivity contribution < 1.29 is 19.5 Å². The smallest absolute Gasteiger partial charge is 0.256 e. The highest BCUT2D eigenvalue weighted by molar-refractivity contribution is 7.99. The Morgan fingerprint density at radius 1 is 1.23 bits per heavy atom. The maximum absolute atomic E-state index is 13.2. The molecule has 3 amide bonds. The number of carbonyl (C=O) groups excluding carboxylic acids is 3. The van der Waals surface area contributed by atoms with Crippen LogP contribution in [0.5, 0.6) is 0 Å². The minimum absolute atomic E-state index is 0.0694. The number of aliphatic hydroxyl groups excluding tert-OH is 1. The molecule has 3 N–H and O–H groups in total. The number of amides is 3. The van der Waals surface area contributed by atoms with Crippen LogP contribution in [0, 0.1) is 11.8 Å². The summed E-state index contributed by atoms with van der Waals surface area (Å²) in [6, 6.07) is 5.75. The fourth-order valence-corrected chi connectivity index (χ4v) is 5.35. The van der Waals surface area contributed by atoms with Crippen molar-refractivity contribution >= 4 is 29.5 Å². The summed E-state index contributed by atoms with van der Waals surface area (Å²) in [6.45, 7) is 7.56. The first kappa shape index (κ1) is 22.6. The predicted molar refractivity (Wildman–Crippen MR) is 117 cm³/mol. The average Bonchev–Trinajstić information content (AvgIpc) is 3.29. The van der Waals surface area contributed by atoms with E-state index in [0.717, 1.165) is 5.56 Å². The second-order valence-electron chi connectivity index (χ2n) is 8.41. The highest BCUT2D eigenvalue weighted by Gasteiger charge is 2.48. The topological polar surface area (TPSA) is 98.7 Å². The summed E-state index contributed by atoms with van der Waals surface area (Å²) in [5, 5.41) is 15.1. The molecule has 2 aliphatic rings. The van der Waals surface area contributed by atoms with Crippen LogP contribution in [-0.4, -0.2) is 58.2 Å². The van der Waals surface area contributed by atoms with Crippen molar-refractivity contribution in [3.05, 3.63) is 35.4 Å². The lowest BCUT2D eigenvalue weighted by Gasteiger charge is -2.30. The molecule has 3 rings (SSSR count). The average molecular weight is 434 g/mol. The maximum Gasteiger partial charge on any atom is 0.256 e. The van der Waals surface area contributed by atoms with Crippen molar-refractivity contribution in [1.82, 2.24) is 15.5 Å². The van der Waals surface area contributed by atoms with Crippen molar-refractivity contribution in [2.45, 2.75) is 57.6 Å². The first-order chi connectivity index (χ1) is 14.3. The van der Waals surface area contributed by atoms with Gasteiger partial charge in [-0.2, -0.15) is 0 Å². The summed E-state index contributed by atoms with van der Waals surface area (Å²) >= 11 is 1.57. The molecule has 2 aliphatic heterocycles. The third-order valence-corrected chi connectivity index (χ3v) is 7.42. The largest absolute Gasteiger partial charge is 0.394 e. The van der Waals surface area contributed by atoms with Crippen LogP contribution in [0.25, 0.3) is 0 Å². The minimum atomic E-state index is -0.723. The number of carbonyl (C=O) groups is 3. The molecule has 0 aliphatic carbocycles. The van der Waals surface area contributed by atoms with Gasteiger partial charge in [-0.25, -0.2) is 0 Å². The van der Waals surface area contributed by atoms with Gasteiger partial charge < -0.3 is 20.6 Å². The Morgan fingerprint density at radius 3 is 2.57 bits per heavy atom. The van der Waals surface area contributed by atoms with Gasteiger partial charge in [-0.3, -0.25) is 14.4 Å². The third kappa shape index (κ3) is 4.21. The van der Waals surface area contributed by atoms with Crippen LogP contribution in [0.2, 0.25) is 0 Å². The number of aliphatic hydroxyl groups is 1. The molecule has 164 valence electrons. The molecule has 30 heavy (non-hydrogen) atoms. The van der Waals surface area contributed by atoms with Gasteiger partial charge in [0.1, 0.15) is 17.5 Å². The second kappa shape index (κ2) is 9.39. The second-order valence-corrected chi connectivity index (χ2v) is 9.53. The van der Waals surface area contributed by atoms with E-state index in [1.165, 1.54) is 0 Å². The van der Waals surface area contributed by atoms with E-state index in [1.807, 2.05) is 45.9 Å². The van der Waals surface area contributed by atoms with E-state index in [1.54, 1.807) is 22.7 Å². The third-order valence-electron chi connectivity index (χ3n) is 6.12. The normalized spacial score (nSPS) is 23.0. The Balaban J connectivity index is 1.74. The van der Waals surface area contributed by atoms with Crippen LogP contribution in [0.15, 0.2) is 24.3 Å². The van der Waals surface area contributed by atoms with Gasteiger partial charge in [0.15, 0.2) is 0 Å². The number of nitrogens with one attached hydrogen (secondary N) is 2. The van der Waals surface area contributed by atoms with Gasteiger partial charge >= 0.3 is 0 Å². The molecule has 8 heteroatoms. The molecule has 0 bridgehead atoms. The van der Waals surface area contributed by atoms with E-state index in [4.69, 9.17) is 0 Å². The molecule has 1 fully saturated rings. The van der Waals surface area contributed by atoms with Crippen molar-refractivity contribution in [1.29, 1.82) is 0 Å². The zero-order valence-electron chi connectivity index (χ0n) is 17.9. The number of fused-ring (bicyclic) bond motifs is 3. The number of benzene rings is 1.